The number of sulfonamides is 1. The van der Waals surface area contributed by atoms with Crippen LogP contribution >= 0.6 is 34.8 Å². The second-order valence-corrected chi connectivity index (χ2v) is 4.74. The first-order valence-electron chi connectivity index (χ1n) is 2.86. The van der Waals surface area contributed by atoms with Crippen LogP contribution in [0, 0.1) is 0 Å². The zero-order valence-corrected chi connectivity index (χ0v) is 9.04. The molecule has 1 aromatic heterocycles. The molecule has 0 saturated heterocycles. The van der Waals surface area contributed by atoms with Gasteiger partial charge in [0.1, 0.15) is 10.0 Å². The molecule has 0 aliphatic rings. The molecule has 0 spiro atoms. The van der Waals surface area contributed by atoms with Gasteiger partial charge in [-0.05, 0) is 6.07 Å². The lowest BCUT2D eigenvalue weighted by Gasteiger charge is -2.03. The number of hydrogen-bond acceptors (Lipinski definition) is 3. The van der Waals surface area contributed by atoms with Gasteiger partial charge in [0.05, 0.1) is 5.02 Å². The minimum absolute atomic E-state index is 0.00222. The quantitative estimate of drug-likeness (QED) is 0.782. The van der Waals surface area contributed by atoms with E-state index in [1.165, 1.54) is 0 Å². The van der Waals surface area contributed by atoms with E-state index < -0.39 is 14.9 Å². The lowest BCUT2D eigenvalue weighted by atomic mass is 10.5. The first-order valence-corrected chi connectivity index (χ1v) is 5.54. The fourth-order valence-corrected chi connectivity index (χ4v) is 2.68. The van der Waals surface area contributed by atoms with Crippen LogP contribution in [0.2, 0.25) is 15.3 Å². The van der Waals surface area contributed by atoms with E-state index in [4.69, 9.17) is 39.9 Å². The molecule has 0 fully saturated rings. The van der Waals surface area contributed by atoms with Crippen molar-refractivity contribution in [3.05, 3.63) is 21.4 Å². The molecular formula is C5H3Cl3N2O2S. The molecule has 1 aromatic rings. The van der Waals surface area contributed by atoms with Gasteiger partial charge in [0.25, 0.3) is 0 Å². The maximum absolute atomic E-state index is 10.9. The number of primary sulfonamides is 1. The first kappa shape index (κ1) is 11.0. The molecule has 0 radical (unpaired) electrons. The van der Waals surface area contributed by atoms with E-state index in [2.05, 4.69) is 4.98 Å². The number of hydrogen-bond donors (Lipinski definition) is 1. The monoisotopic (exact) mass is 260 g/mol. The van der Waals surface area contributed by atoms with E-state index in [1.54, 1.807) is 0 Å². The Hall–Kier alpha value is -0.0700. The number of rotatable bonds is 1. The summed E-state index contributed by atoms with van der Waals surface area (Å²) in [6.07, 6.45) is 0. The highest BCUT2D eigenvalue weighted by Crippen LogP contribution is 2.28. The summed E-state index contributed by atoms with van der Waals surface area (Å²) in [5.41, 5.74) is 0. The number of pyridine rings is 1. The smallest absolute Gasteiger partial charge is 0.224 e. The van der Waals surface area contributed by atoms with Crippen molar-refractivity contribution in [2.24, 2.45) is 5.14 Å². The fourth-order valence-electron chi connectivity index (χ4n) is 0.699. The minimum Gasteiger partial charge on any atom is -0.224 e. The fraction of sp³-hybridized carbons (Fsp3) is 0. The Morgan fingerprint density at radius 3 is 2.23 bits per heavy atom. The molecule has 13 heavy (non-hydrogen) atoms. The summed E-state index contributed by atoms with van der Waals surface area (Å²) in [7, 11) is -3.97. The van der Waals surface area contributed by atoms with E-state index in [0.717, 1.165) is 6.07 Å². The largest absolute Gasteiger partial charge is 0.242 e. The molecule has 0 unspecified atom stereocenters. The molecule has 4 nitrogen and oxygen atoms in total. The molecule has 0 saturated carbocycles. The first-order chi connectivity index (χ1) is 5.82. The van der Waals surface area contributed by atoms with E-state index >= 15 is 0 Å². The zero-order chi connectivity index (χ0) is 10.2. The van der Waals surface area contributed by atoms with Gasteiger partial charge in [-0.3, -0.25) is 0 Å². The second-order valence-electron chi connectivity index (χ2n) is 2.09. The molecule has 2 N–H and O–H groups in total. The normalized spacial score (nSPS) is 11.7. The maximum Gasteiger partial charge on any atom is 0.242 e. The highest BCUT2D eigenvalue weighted by Gasteiger charge is 2.19. The molecule has 0 bridgehead atoms. The Kier molecular flexibility index (Phi) is 3.04. The summed E-state index contributed by atoms with van der Waals surface area (Å²) in [5.74, 6) is 0. The van der Waals surface area contributed by atoms with Crippen LogP contribution in [-0.2, 0) is 10.0 Å². The Morgan fingerprint density at radius 2 is 1.85 bits per heavy atom. The molecule has 0 aliphatic heterocycles. The summed E-state index contributed by atoms with van der Waals surface area (Å²) in [4.78, 5) is 3.07. The molecule has 0 atom stereocenters. The van der Waals surface area contributed by atoms with Crippen molar-refractivity contribution in [3.63, 3.8) is 0 Å². The van der Waals surface area contributed by atoms with Crippen LogP contribution in [0.4, 0.5) is 0 Å². The van der Waals surface area contributed by atoms with E-state index in [9.17, 15) is 8.42 Å². The van der Waals surface area contributed by atoms with Gasteiger partial charge in [-0.15, -0.1) is 0 Å². The van der Waals surface area contributed by atoms with Crippen LogP contribution in [0.15, 0.2) is 11.0 Å². The second kappa shape index (κ2) is 3.59. The van der Waals surface area contributed by atoms with E-state index in [0.29, 0.717) is 0 Å². The van der Waals surface area contributed by atoms with Crippen LogP contribution in [-0.4, -0.2) is 13.4 Å². The van der Waals surface area contributed by atoms with Gasteiger partial charge >= 0.3 is 0 Å². The molecule has 0 amide bonds. The van der Waals surface area contributed by atoms with Crippen LogP contribution < -0.4 is 5.14 Å². The van der Waals surface area contributed by atoms with Crippen molar-refractivity contribution < 1.29 is 8.42 Å². The number of halogens is 3. The third-order valence-electron chi connectivity index (χ3n) is 1.14. The van der Waals surface area contributed by atoms with Crippen molar-refractivity contribution in [2.45, 2.75) is 4.90 Å². The van der Waals surface area contributed by atoms with Gasteiger partial charge in [-0.2, -0.15) is 0 Å². The predicted molar refractivity (Wildman–Crippen MR) is 50.6 cm³/mol. The molecule has 72 valence electrons. The number of nitrogens with zero attached hydrogens (tertiary/aromatic N) is 1. The van der Waals surface area contributed by atoms with E-state index in [-0.39, 0.29) is 15.3 Å². The van der Waals surface area contributed by atoms with Crippen molar-refractivity contribution in [1.82, 2.24) is 4.98 Å². The van der Waals surface area contributed by atoms with Gasteiger partial charge in [0.2, 0.25) is 10.0 Å². The molecule has 0 aromatic carbocycles. The lowest BCUT2D eigenvalue weighted by molar-refractivity contribution is 0.597. The van der Waals surface area contributed by atoms with Crippen LogP contribution in [0.5, 0.6) is 0 Å². The molecule has 0 aliphatic carbocycles. The SMILES string of the molecule is NS(=O)(=O)c1c(Cl)cc(Cl)nc1Cl. The van der Waals surface area contributed by atoms with Crippen molar-refractivity contribution in [1.29, 1.82) is 0 Å². The lowest BCUT2D eigenvalue weighted by Crippen LogP contribution is -2.14. The highest BCUT2D eigenvalue weighted by atomic mass is 35.5. The summed E-state index contributed by atoms with van der Waals surface area (Å²) in [6.45, 7) is 0. The van der Waals surface area contributed by atoms with E-state index in [1.807, 2.05) is 0 Å². The third kappa shape index (κ3) is 2.45. The zero-order valence-electron chi connectivity index (χ0n) is 5.96. The van der Waals surface area contributed by atoms with Gasteiger partial charge in [-0.1, -0.05) is 34.8 Å². The minimum atomic E-state index is -3.97. The van der Waals surface area contributed by atoms with Gasteiger partial charge in [0.15, 0.2) is 5.15 Å². The van der Waals surface area contributed by atoms with Crippen LogP contribution in [0.25, 0.3) is 0 Å². The van der Waals surface area contributed by atoms with Crippen LogP contribution in [0.1, 0.15) is 0 Å². The summed E-state index contributed by atoms with van der Waals surface area (Å²) < 4.78 is 21.8. The van der Waals surface area contributed by atoms with Gasteiger partial charge in [-0.25, -0.2) is 18.5 Å². The Morgan fingerprint density at radius 1 is 1.31 bits per heavy atom. The van der Waals surface area contributed by atoms with Gasteiger partial charge in [0, 0.05) is 0 Å². The average Bonchev–Trinajstić information content (AvgIpc) is 1.78. The highest BCUT2D eigenvalue weighted by molar-refractivity contribution is 7.89. The standard InChI is InChI=1S/C5H3Cl3N2O2S/c6-2-1-3(7)10-5(8)4(2)13(9,11)12/h1H,(H2,9,11,12). The average molecular weight is 262 g/mol. The van der Waals surface area contributed by atoms with Crippen molar-refractivity contribution >= 4 is 44.8 Å². The summed E-state index contributed by atoms with van der Waals surface area (Å²) in [6, 6.07) is 1.15. The Bertz CT molecular complexity index is 422. The summed E-state index contributed by atoms with van der Waals surface area (Å²) in [5, 5.41) is 4.35. The predicted octanol–water partition coefficient (Wildman–Crippen LogP) is 1.69. The molecule has 8 heteroatoms. The maximum atomic E-state index is 10.9. The topological polar surface area (TPSA) is 73.1 Å². The molecular weight excluding hydrogens is 258 g/mol. The number of aromatic nitrogens is 1. The Labute approximate surface area is 89.7 Å². The molecule has 1 heterocycles. The number of nitrogens with two attached hydrogens (primary N) is 1. The van der Waals surface area contributed by atoms with Crippen molar-refractivity contribution in [3.8, 4) is 0 Å². The summed E-state index contributed by atoms with van der Waals surface area (Å²) >= 11 is 16.5. The van der Waals surface area contributed by atoms with Crippen molar-refractivity contribution in [2.75, 3.05) is 0 Å². The molecule has 1 rings (SSSR count). The Balaban J connectivity index is 3.57. The van der Waals surface area contributed by atoms with Crippen LogP contribution in [0.3, 0.4) is 0 Å². The van der Waals surface area contributed by atoms with Gasteiger partial charge < -0.3 is 0 Å². The third-order valence-corrected chi connectivity index (χ3v) is 3.11.